The Labute approximate surface area is 125 Å². The maximum Gasteiger partial charge on any atom is 0.202 e. The van der Waals surface area contributed by atoms with Gasteiger partial charge < -0.3 is 15.3 Å². The third kappa shape index (κ3) is 2.60. The molecule has 2 rings (SSSR count). The largest absolute Gasteiger partial charge is 0.504 e. The maximum atomic E-state index is 10.8. The molecule has 1 atom stereocenters. The number of nitrogens with zero attached hydrogens (tertiary/aromatic N) is 5. The molecular weight excluding hydrogens is 290 g/mol. The lowest BCUT2D eigenvalue weighted by atomic mass is 10.1. The van der Waals surface area contributed by atoms with Crippen molar-refractivity contribution in [2.75, 3.05) is 0 Å². The Hall–Kier alpha value is -2.97. The van der Waals surface area contributed by atoms with Crippen molar-refractivity contribution in [2.45, 2.75) is 19.9 Å². The third-order valence-corrected chi connectivity index (χ3v) is 3.19. The van der Waals surface area contributed by atoms with Crippen LogP contribution in [0, 0.1) is 11.8 Å². The van der Waals surface area contributed by atoms with Crippen LogP contribution in [0.5, 0.6) is 17.2 Å². The van der Waals surface area contributed by atoms with Crippen molar-refractivity contribution in [2.24, 2.45) is 22.5 Å². The Balaban J connectivity index is 2.35. The minimum Gasteiger partial charge on any atom is -0.504 e. The molecule has 116 valence electrons. The monoisotopic (exact) mass is 305 g/mol. The summed E-state index contributed by atoms with van der Waals surface area (Å²) in [6.45, 7) is 3.26. The van der Waals surface area contributed by atoms with Gasteiger partial charge in [-0.2, -0.15) is 10.2 Å². The number of aryl methyl sites for hydroxylation is 2. The topological polar surface area (TPSA) is 133 Å². The summed E-state index contributed by atoms with van der Waals surface area (Å²) in [4.78, 5) is 10.8. The number of hydrogen-bond acceptors (Lipinski definition) is 8. The molecule has 9 nitrogen and oxygen atoms in total. The first-order chi connectivity index (χ1) is 10.4. The van der Waals surface area contributed by atoms with Gasteiger partial charge in [-0.3, -0.25) is 0 Å². The molecule has 0 aliphatic heterocycles. The van der Waals surface area contributed by atoms with Crippen LogP contribution in [-0.2, 0) is 7.05 Å². The fourth-order valence-corrected chi connectivity index (χ4v) is 1.98. The van der Waals surface area contributed by atoms with Crippen molar-refractivity contribution in [3.8, 4) is 17.2 Å². The molecule has 2 aromatic rings. The van der Waals surface area contributed by atoms with Crippen LogP contribution in [0.4, 0.5) is 11.5 Å². The number of phenolic OH excluding ortho intramolecular Hbond substituents is 3. The fourth-order valence-electron chi connectivity index (χ4n) is 1.98. The summed E-state index contributed by atoms with van der Waals surface area (Å²) >= 11 is 0. The van der Waals surface area contributed by atoms with Gasteiger partial charge in [0.2, 0.25) is 11.6 Å². The minimum atomic E-state index is -0.624. The summed E-state index contributed by atoms with van der Waals surface area (Å²) in [5.74, 6) is -1.32. The van der Waals surface area contributed by atoms with Crippen LogP contribution in [0.3, 0.4) is 0 Å². The van der Waals surface area contributed by atoms with Crippen LogP contribution in [0.1, 0.15) is 24.2 Å². The van der Waals surface area contributed by atoms with Gasteiger partial charge >= 0.3 is 0 Å². The van der Waals surface area contributed by atoms with Crippen molar-refractivity contribution in [3.63, 3.8) is 0 Å². The summed E-state index contributed by atoms with van der Waals surface area (Å²) in [6, 6.07) is 2.03. The third-order valence-electron chi connectivity index (χ3n) is 3.19. The van der Waals surface area contributed by atoms with Crippen LogP contribution in [0.15, 0.2) is 27.5 Å². The van der Waals surface area contributed by atoms with Gasteiger partial charge in [0.15, 0.2) is 17.2 Å². The SMILES string of the molecule is Cc1nn(C)c(N=NC(C)c2ccc(O)c(O)c2O)c1N=O. The van der Waals surface area contributed by atoms with Gasteiger partial charge in [0.25, 0.3) is 0 Å². The van der Waals surface area contributed by atoms with E-state index in [4.69, 9.17) is 0 Å². The lowest BCUT2D eigenvalue weighted by molar-refractivity contribution is 0.363. The first-order valence-corrected chi connectivity index (χ1v) is 6.38. The van der Waals surface area contributed by atoms with E-state index in [1.165, 1.54) is 16.8 Å². The lowest BCUT2D eigenvalue weighted by Gasteiger charge is -2.10. The first-order valence-electron chi connectivity index (χ1n) is 6.38. The molecule has 22 heavy (non-hydrogen) atoms. The summed E-state index contributed by atoms with van der Waals surface area (Å²) < 4.78 is 1.37. The van der Waals surface area contributed by atoms with Gasteiger partial charge in [0, 0.05) is 12.6 Å². The fraction of sp³-hybridized carbons (Fsp3) is 0.308. The number of aromatic hydroxyl groups is 3. The molecule has 1 heterocycles. The minimum absolute atomic E-state index is 0.0937. The Morgan fingerprint density at radius 3 is 2.55 bits per heavy atom. The van der Waals surface area contributed by atoms with E-state index in [0.29, 0.717) is 5.69 Å². The highest BCUT2D eigenvalue weighted by molar-refractivity contribution is 5.60. The van der Waals surface area contributed by atoms with Crippen molar-refractivity contribution < 1.29 is 15.3 Å². The van der Waals surface area contributed by atoms with E-state index in [0.717, 1.165) is 0 Å². The van der Waals surface area contributed by atoms with Gasteiger partial charge in [0.1, 0.15) is 0 Å². The molecular formula is C13H15N5O4. The molecule has 9 heteroatoms. The van der Waals surface area contributed by atoms with Crippen LogP contribution < -0.4 is 0 Å². The average molecular weight is 305 g/mol. The van der Waals surface area contributed by atoms with Crippen molar-refractivity contribution in [1.29, 1.82) is 0 Å². The van der Waals surface area contributed by atoms with Crippen molar-refractivity contribution in [1.82, 2.24) is 9.78 Å². The standard InChI is InChI=1S/C13H15N5O4/c1-6(8-4-5-9(19)12(21)11(8)20)14-15-13-10(17-22)7(2)16-18(13)3/h4-6,19-21H,1-3H3. The number of azo groups is 1. The quantitative estimate of drug-likeness (QED) is 0.453. The smallest absolute Gasteiger partial charge is 0.202 e. The predicted octanol–water partition coefficient (Wildman–Crippen LogP) is 3.09. The summed E-state index contributed by atoms with van der Waals surface area (Å²) in [7, 11) is 1.60. The summed E-state index contributed by atoms with van der Waals surface area (Å²) in [6.07, 6.45) is 0. The Kier molecular flexibility index (Phi) is 4.06. The van der Waals surface area contributed by atoms with Gasteiger partial charge in [-0.05, 0) is 31.2 Å². The number of aromatic nitrogens is 2. The molecule has 0 saturated carbocycles. The molecule has 0 saturated heterocycles. The highest BCUT2D eigenvalue weighted by Crippen LogP contribution is 2.41. The second-order valence-corrected chi connectivity index (χ2v) is 4.74. The van der Waals surface area contributed by atoms with Crippen molar-refractivity contribution >= 4 is 11.5 Å². The van der Waals surface area contributed by atoms with Gasteiger partial charge in [0.05, 0.1) is 11.7 Å². The molecule has 0 spiro atoms. The zero-order valence-corrected chi connectivity index (χ0v) is 12.2. The lowest BCUT2D eigenvalue weighted by Crippen LogP contribution is -1.92. The molecule has 0 aliphatic rings. The van der Waals surface area contributed by atoms with E-state index in [2.05, 4.69) is 20.5 Å². The molecule has 1 unspecified atom stereocenters. The number of benzene rings is 1. The second kappa shape index (κ2) is 5.80. The van der Waals surface area contributed by atoms with Crippen LogP contribution in [0.2, 0.25) is 0 Å². The van der Waals surface area contributed by atoms with E-state index < -0.39 is 23.3 Å². The van der Waals surface area contributed by atoms with E-state index in [1.807, 2.05) is 0 Å². The van der Waals surface area contributed by atoms with Gasteiger partial charge in [-0.1, -0.05) is 0 Å². The molecule has 0 bridgehead atoms. The number of nitroso groups, excluding NO2 is 1. The normalized spacial score (nSPS) is 12.7. The molecule has 0 radical (unpaired) electrons. The molecule has 0 aliphatic carbocycles. The zero-order valence-electron chi connectivity index (χ0n) is 12.2. The van der Waals surface area contributed by atoms with E-state index in [-0.39, 0.29) is 17.1 Å². The number of phenols is 3. The summed E-state index contributed by atoms with van der Waals surface area (Å²) in [5, 5.41) is 43.4. The van der Waals surface area contributed by atoms with E-state index in [1.54, 1.807) is 20.9 Å². The van der Waals surface area contributed by atoms with Crippen LogP contribution in [0.25, 0.3) is 0 Å². The molecule has 3 N–H and O–H groups in total. The number of rotatable bonds is 4. The highest BCUT2D eigenvalue weighted by atomic mass is 16.3. The average Bonchev–Trinajstić information content (AvgIpc) is 2.75. The Bertz CT molecular complexity index is 753. The first kappa shape index (κ1) is 15.4. The van der Waals surface area contributed by atoms with Crippen LogP contribution >= 0.6 is 0 Å². The number of hydrogen-bond donors (Lipinski definition) is 3. The Morgan fingerprint density at radius 2 is 1.91 bits per heavy atom. The Morgan fingerprint density at radius 1 is 1.23 bits per heavy atom. The molecule has 0 fully saturated rings. The molecule has 1 aromatic carbocycles. The molecule has 1 aromatic heterocycles. The van der Waals surface area contributed by atoms with E-state index in [9.17, 15) is 20.2 Å². The second-order valence-electron chi connectivity index (χ2n) is 4.74. The van der Waals surface area contributed by atoms with Gasteiger partial charge in [-0.15, -0.1) is 10.0 Å². The summed E-state index contributed by atoms with van der Waals surface area (Å²) in [5.41, 5.74) is 0.805. The zero-order chi connectivity index (χ0) is 16.4. The predicted molar refractivity (Wildman–Crippen MR) is 77.8 cm³/mol. The maximum absolute atomic E-state index is 10.8. The van der Waals surface area contributed by atoms with Crippen molar-refractivity contribution in [3.05, 3.63) is 28.3 Å². The van der Waals surface area contributed by atoms with E-state index >= 15 is 0 Å². The van der Waals surface area contributed by atoms with Crippen LogP contribution in [-0.4, -0.2) is 25.1 Å². The highest BCUT2D eigenvalue weighted by Gasteiger charge is 2.17. The molecule has 0 amide bonds. The van der Waals surface area contributed by atoms with Gasteiger partial charge in [-0.25, -0.2) is 4.68 Å².